The summed E-state index contributed by atoms with van der Waals surface area (Å²) in [7, 11) is 0. The van der Waals surface area contributed by atoms with E-state index < -0.39 is 0 Å². The number of halogens is 2. The van der Waals surface area contributed by atoms with Gasteiger partial charge in [0.15, 0.2) is 0 Å². The fourth-order valence-corrected chi connectivity index (χ4v) is 2.76. The molecule has 94 valence electrons. The molecular weight excluding hydrogens is 291 g/mol. The molecule has 0 fully saturated rings. The lowest BCUT2D eigenvalue weighted by Crippen LogP contribution is -1.98. The molecule has 0 aromatic heterocycles. The van der Waals surface area contributed by atoms with Crippen molar-refractivity contribution in [3.8, 4) is 0 Å². The van der Waals surface area contributed by atoms with E-state index in [0.29, 0.717) is 0 Å². The maximum atomic E-state index is 13.3. The highest BCUT2D eigenvalue weighted by Gasteiger charge is 2.14. The van der Waals surface area contributed by atoms with Gasteiger partial charge in [-0.25, -0.2) is 4.39 Å². The summed E-state index contributed by atoms with van der Waals surface area (Å²) in [6.07, 6.45) is 0. The Balaban J connectivity index is 2.44. The van der Waals surface area contributed by atoms with E-state index in [0.717, 1.165) is 16.7 Å². The van der Waals surface area contributed by atoms with Crippen molar-refractivity contribution in [2.45, 2.75) is 25.6 Å². The van der Waals surface area contributed by atoms with Crippen molar-refractivity contribution in [3.05, 3.63) is 70.0 Å². The molecule has 0 N–H and O–H groups in total. The molecule has 0 nitrogen and oxygen atoms in total. The van der Waals surface area contributed by atoms with E-state index in [2.05, 4.69) is 48.0 Å². The summed E-state index contributed by atoms with van der Waals surface area (Å²) in [5.74, 6) is -0.191. The summed E-state index contributed by atoms with van der Waals surface area (Å²) in [5.41, 5.74) is 5.77. The summed E-state index contributed by atoms with van der Waals surface area (Å²) in [5, 5.41) is 0. The molecule has 0 radical (unpaired) electrons. The zero-order valence-corrected chi connectivity index (χ0v) is 12.4. The molecule has 0 saturated heterocycles. The van der Waals surface area contributed by atoms with Crippen LogP contribution in [0.1, 0.15) is 32.6 Å². The van der Waals surface area contributed by atoms with Crippen molar-refractivity contribution < 1.29 is 4.39 Å². The minimum atomic E-state index is -0.191. The maximum absolute atomic E-state index is 13.3. The summed E-state index contributed by atoms with van der Waals surface area (Å²) in [6.45, 7) is 6.19. The van der Waals surface area contributed by atoms with Crippen molar-refractivity contribution >= 4 is 15.9 Å². The quantitative estimate of drug-likeness (QED) is 0.666. The van der Waals surface area contributed by atoms with Gasteiger partial charge in [-0.1, -0.05) is 40.2 Å². The standard InChI is InChI=1S/C16H16BrF/c1-10-4-6-13(8-12(10)3)16(17)15-9-14(18)7-5-11(15)2/h4-9,16H,1-3H3. The molecule has 0 aliphatic rings. The van der Waals surface area contributed by atoms with Gasteiger partial charge < -0.3 is 0 Å². The van der Waals surface area contributed by atoms with Gasteiger partial charge in [-0.2, -0.15) is 0 Å². The average Bonchev–Trinajstić information content (AvgIpc) is 2.35. The second-order valence-corrected chi connectivity index (χ2v) is 5.62. The molecule has 1 unspecified atom stereocenters. The van der Waals surface area contributed by atoms with Gasteiger partial charge in [-0.3, -0.25) is 0 Å². The third kappa shape index (κ3) is 2.64. The molecule has 0 spiro atoms. The normalized spacial score (nSPS) is 12.5. The van der Waals surface area contributed by atoms with Crippen molar-refractivity contribution in [1.29, 1.82) is 0 Å². The lowest BCUT2D eigenvalue weighted by Gasteiger charge is -2.15. The molecule has 2 rings (SSSR count). The van der Waals surface area contributed by atoms with Crippen LogP contribution in [-0.2, 0) is 0 Å². The Hall–Kier alpha value is -1.15. The van der Waals surface area contributed by atoms with Gasteiger partial charge in [0, 0.05) is 0 Å². The van der Waals surface area contributed by atoms with Gasteiger partial charge in [0.25, 0.3) is 0 Å². The summed E-state index contributed by atoms with van der Waals surface area (Å²) < 4.78 is 13.3. The van der Waals surface area contributed by atoms with Gasteiger partial charge >= 0.3 is 0 Å². The minimum Gasteiger partial charge on any atom is -0.207 e. The van der Waals surface area contributed by atoms with Crippen LogP contribution < -0.4 is 0 Å². The Labute approximate surface area is 116 Å². The van der Waals surface area contributed by atoms with Gasteiger partial charge in [0.05, 0.1) is 4.83 Å². The van der Waals surface area contributed by atoms with Crippen molar-refractivity contribution in [2.75, 3.05) is 0 Å². The average molecular weight is 307 g/mol. The van der Waals surface area contributed by atoms with E-state index in [9.17, 15) is 4.39 Å². The fraction of sp³-hybridized carbons (Fsp3) is 0.250. The molecule has 0 saturated carbocycles. The Kier molecular flexibility index (Phi) is 3.86. The first-order chi connectivity index (χ1) is 8.49. The minimum absolute atomic E-state index is 0.0347. The number of hydrogen-bond acceptors (Lipinski definition) is 0. The first kappa shape index (κ1) is 13.3. The number of rotatable bonds is 2. The molecule has 0 heterocycles. The van der Waals surface area contributed by atoms with Crippen LogP contribution in [0.15, 0.2) is 36.4 Å². The first-order valence-electron chi connectivity index (χ1n) is 5.96. The second-order valence-electron chi connectivity index (χ2n) is 4.71. The van der Waals surface area contributed by atoms with E-state index in [1.807, 2.05) is 13.0 Å². The molecule has 1 atom stereocenters. The Morgan fingerprint density at radius 2 is 1.56 bits per heavy atom. The van der Waals surface area contributed by atoms with Crippen molar-refractivity contribution in [2.24, 2.45) is 0 Å². The van der Waals surface area contributed by atoms with E-state index >= 15 is 0 Å². The van der Waals surface area contributed by atoms with Crippen LogP contribution in [0, 0.1) is 26.6 Å². The number of aryl methyl sites for hydroxylation is 3. The molecule has 2 aromatic carbocycles. The zero-order chi connectivity index (χ0) is 13.3. The summed E-state index contributed by atoms with van der Waals surface area (Å²) in [4.78, 5) is 0.0347. The highest BCUT2D eigenvalue weighted by atomic mass is 79.9. The Morgan fingerprint density at radius 1 is 0.889 bits per heavy atom. The lowest BCUT2D eigenvalue weighted by atomic mass is 9.97. The molecule has 0 aliphatic heterocycles. The largest absolute Gasteiger partial charge is 0.207 e. The molecule has 0 amide bonds. The van der Waals surface area contributed by atoms with Gasteiger partial charge in [0.2, 0.25) is 0 Å². The second kappa shape index (κ2) is 5.23. The Morgan fingerprint density at radius 3 is 2.22 bits per heavy atom. The molecule has 0 aliphatic carbocycles. The maximum Gasteiger partial charge on any atom is 0.123 e. The topological polar surface area (TPSA) is 0 Å². The molecule has 2 heteroatoms. The smallest absolute Gasteiger partial charge is 0.123 e. The fourth-order valence-electron chi connectivity index (χ4n) is 1.99. The number of hydrogen-bond donors (Lipinski definition) is 0. The predicted molar refractivity (Wildman–Crippen MR) is 77.8 cm³/mol. The van der Waals surface area contributed by atoms with Crippen molar-refractivity contribution in [1.82, 2.24) is 0 Å². The lowest BCUT2D eigenvalue weighted by molar-refractivity contribution is 0.625. The highest BCUT2D eigenvalue weighted by Crippen LogP contribution is 2.33. The van der Waals surface area contributed by atoms with E-state index in [1.165, 1.54) is 17.2 Å². The van der Waals surface area contributed by atoms with Crippen molar-refractivity contribution in [3.63, 3.8) is 0 Å². The summed E-state index contributed by atoms with van der Waals surface area (Å²) in [6, 6.07) is 11.3. The van der Waals surface area contributed by atoms with E-state index in [-0.39, 0.29) is 10.6 Å². The third-order valence-electron chi connectivity index (χ3n) is 3.34. The third-order valence-corrected chi connectivity index (χ3v) is 4.36. The van der Waals surface area contributed by atoms with Crippen LogP contribution in [0.3, 0.4) is 0 Å². The van der Waals surface area contributed by atoms with Gasteiger partial charge in [-0.15, -0.1) is 0 Å². The van der Waals surface area contributed by atoms with Crippen LogP contribution in [-0.4, -0.2) is 0 Å². The molecular formula is C16H16BrF. The zero-order valence-electron chi connectivity index (χ0n) is 10.8. The molecule has 2 aromatic rings. The van der Waals surface area contributed by atoms with Crippen LogP contribution in [0.5, 0.6) is 0 Å². The number of alkyl halides is 1. The van der Waals surface area contributed by atoms with Crippen LogP contribution >= 0.6 is 15.9 Å². The monoisotopic (exact) mass is 306 g/mol. The predicted octanol–water partition coefficient (Wildman–Crippen LogP) is 5.24. The van der Waals surface area contributed by atoms with Gasteiger partial charge in [0.1, 0.15) is 5.82 Å². The summed E-state index contributed by atoms with van der Waals surface area (Å²) >= 11 is 3.67. The van der Waals surface area contributed by atoms with Crippen LogP contribution in [0.25, 0.3) is 0 Å². The first-order valence-corrected chi connectivity index (χ1v) is 6.88. The van der Waals surface area contributed by atoms with E-state index in [1.54, 1.807) is 6.07 Å². The van der Waals surface area contributed by atoms with E-state index in [4.69, 9.17) is 0 Å². The molecule has 0 bridgehead atoms. The van der Waals surface area contributed by atoms with Gasteiger partial charge in [-0.05, 0) is 60.7 Å². The van der Waals surface area contributed by atoms with Crippen LogP contribution in [0.2, 0.25) is 0 Å². The number of benzene rings is 2. The van der Waals surface area contributed by atoms with Crippen LogP contribution in [0.4, 0.5) is 4.39 Å². The molecule has 18 heavy (non-hydrogen) atoms. The Bertz CT molecular complexity index is 575. The highest BCUT2D eigenvalue weighted by molar-refractivity contribution is 9.09. The SMILES string of the molecule is Cc1ccc(C(Br)c2cc(F)ccc2C)cc1C.